The molecule has 0 unspecified atom stereocenters. The van der Waals surface area contributed by atoms with Crippen LogP contribution in [-0.4, -0.2) is 42.0 Å². The van der Waals surface area contributed by atoms with Crippen molar-refractivity contribution in [3.05, 3.63) is 5.56 Å². The van der Waals surface area contributed by atoms with Gasteiger partial charge in [-0.05, 0) is 12.3 Å². The first kappa shape index (κ1) is 14.6. The molecule has 0 atom stereocenters. The largest absolute Gasteiger partial charge is 0.465 e. The highest BCUT2D eigenvalue weighted by atomic mass is 16.5. The molecule has 1 fully saturated rings. The first-order chi connectivity index (χ1) is 9.52. The molecule has 2 rings (SSSR count). The average molecular weight is 281 g/mol. The molecule has 1 aromatic heterocycles. The zero-order valence-electron chi connectivity index (χ0n) is 12.3. The quantitative estimate of drug-likeness (QED) is 0.664. The van der Waals surface area contributed by atoms with Crippen molar-refractivity contribution >= 4 is 17.6 Å². The number of hydrogen-bond donors (Lipinski definition) is 3. The Bertz CT molecular complexity index is 479. The molecule has 1 aliphatic heterocycles. The molecule has 1 aliphatic rings. The van der Waals surface area contributed by atoms with E-state index in [1.54, 1.807) is 4.68 Å². The molecule has 7 nitrogen and oxygen atoms in total. The van der Waals surface area contributed by atoms with E-state index in [4.69, 9.17) is 10.5 Å². The first-order valence-electron chi connectivity index (χ1n) is 6.94. The standard InChI is InChI=1S/C13H23N5O2/c1-8(2)4-5-18-11(14)10(13(19)20-3)12(17-18)16-9-6-15-7-9/h8-9,15H,4-7,14H2,1-3H3,(H,16,17). The third kappa shape index (κ3) is 3.04. The Kier molecular flexibility index (Phi) is 4.49. The molecule has 0 amide bonds. The second kappa shape index (κ2) is 6.13. The van der Waals surface area contributed by atoms with E-state index in [1.165, 1.54) is 7.11 Å². The van der Waals surface area contributed by atoms with Crippen LogP contribution in [0.4, 0.5) is 11.6 Å². The highest BCUT2D eigenvalue weighted by Gasteiger charge is 2.26. The molecule has 0 bridgehead atoms. The summed E-state index contributed by atoms with van der Waals surface area (Å²) in [5, 5.41) is 10.8. The number of nitrogen functional groups attached to an aromatic ring is 1. The zero-order chi connectivity index (χ0) is 14.7. The summed E-state index contributed by atoms with van der Waals surface area (Å²) in [6.07, 6.45) is 0.955. The molecule has 2 heterocycles. The monoisotopic (exact) mass is 281 g/mol. The van der Waals surface area contributed by atoms with Crippen LogP contribution in [0, 0.1) is 5.92 Å². The van der Waals surface area contributed by atoms with Crippen molar-refractivity contribution in [3.63, 3.8) is 0 Å². The molecule has 7 heteroatoms. The Morgan fingerprint density at radius 2 is 2.30 bits per heavy atom. The summed E-state index contributed by atoms with van der Waals surface area (Å²) >= 11 is 0. The van der Waals surface area contributed by atoms with Crippen molar-refractivity contribution in [1.82, 2.24) is 15.1 Å². The second-order valence-corrected chi connectivity index (χ2v) is 5.51. The van der Waals surface area contributed by atoms with E-state index < -0.39 is 5.97 Å². The Labute approximate surface area is 118 Å². The van der Waals surface area contributed by atoms with Gasteiger partial charge in [-0.15, -0.1) is 0 Å². The number of aromatic nitrogens is 2. The minimum Gasteiger partial charge on any atom is -0.465 e. The van der Waals surface area contributed by atoms with E-state index in [0.29, 0.717) is 29.7 Å². The molecule has 1 saturated heterocycles. The molecule has 0 aliphatic carbocycles. The van der Waals surface area contributed by atoms with Crippen molar-refractivity contribution in [3.8, 4) is 0 Å². The SMILES string of the molecule is COC(=O)c1c(NC2CNC2)nn(CCC(C)C)c1N. The minimum absolute atomic E-state index is 0.284. The number of carbonyl (C=O) groups is 1. The van der Waals surface area contributed by atoms with Crippen molar-refractivity contribution < 1.29 is 9.53 Å². The van der Waals surface area contributed by atoms with Crippen LogP contribution in [0.25, 0.3) is 0 Å². The summed E-state index contributed by atoms with van der Waals surface area (Å²) < 4.78 is 6.48. The van der Waals surface area contributed by atoms with Gasteiger partial charge in [-0.3, -0.25) is 0 Å². The van der Waals surface area contributed by atoms with E-state index in [2.05, 4.69) is 29.6 Å². The Balaban J connectivity index is 2.22. The summed E-state index contributed by atoms with van der Waals surface area (Å²) in [4.78, 5) is 11.9. The van der Waals surface area contributed by atoms with Gasteiger partial charge in [-0.1, -0.05) is 13.8 Å². The summed E-state index contributed by atoms with van der Waals surface area (Å²) in [6.45, 7) is 6.69. The lowest BCUT2D eigenvalue weighted by atomic mass is 10.1. The number of ether oxygens (including phenoxy) is 1. The van der Waals surface area contributed by atoms with E-state index in [-0.39, 0.29) is 6.04 Å². The molecular weight excluding hydrogens is 258 g/mol. The van der Waals surface area contributed by atoms with Crippen LogP contribution in [0.2, 0.25) is 0 Å². The zero-order valence-corrected chi connectivity index (χ0v) is 12.3. The number of carbonyl (C=O) groups excluding carboxylic acids is 1. The first-order valence-corrected chi connectivity index (χ1v) is 6.94. The second-order valence-electron chi connectivity index (χ2n) is 5.51. The fourth-order valence-corrected chi connectivity index (χ4v) is 2.01. The van der Waals surface area contributed by atoms with Crippen molar-refractivity contribution in [1.29, 1.82) is 0 Å². The van der Waals surface area contributed by atoms with E-state index in [0.717, 1.165) is 19.5 Å². The van der Waals surface area contributed by atoms with Crippen LogP contribution in [-0.2, 0) is 11.3 Å². The van der Waals surface area contributed by atoms with Crippen molar-refractivity contribution in [2.24, 2.45) is 5.92 Å². The number of esters is 1. The van der Waals surface area contributed by atoms with E-state index in [1.807, 2.05) is 0 Å². The lowest BCUT2D eigenvalue weighted by Crippen LogP contribution is -2.51. The summed E-state index contributed by atoms with van der Waals surface area (Å²) in [6, 6.07) is 0.284. The lowest BCUT2D eigenvalue weighted by Gasteiger charge is -2.28. The molecule has 0 spiro atoms. The fourth-order valence-electron chi connectivity index (χ4n) is 2.01. The number of nitrogens with zero attached hydrogens (tertiary/aromatic N) is 2. The maximum Gasteiger partial charge on any atom is 0.345 e. The van der Waals surface area contributed by atoms with Gasteiger partial charge in [0.15, 0.2) is 5.82 Å². The molecule has 0 aromatic carbocycles. The van der Waals surface area contributed by atoms with Gasteiger partial charge in [0.1, 0.15) is 11.4 Å². The average Bonchev–Trinajstić information content (AvgIpc) is 2.67. The molecule has 4 N–H and O–H groups in total. The normalized spacial score (nSPS) is 15.2. The third-order valence-corrected chi connectivity index (χ3v) is 3.42. The molecule has 0 radical (unpaired) electrons. The van der Waals surface area contributed by atoms with Gasteiger partial charge in [-0.25, -0.2) is 9.48 Å². The van der Waals surface area contributed by atoms with Crippen LogP contribution in [0.5, 0.6) is 0 Å². The predicted molar refractivity (Wildman–Crippen MR) is 77.7 cm³/mol. The van der Waals surface area contributed by atoms with Gasteiger partial charge >= 0.3 is 5.97 Å². The maximum absolute atomic E-state index is 11.9. The molecule has 0 saturated carbocycles. The van der Waals surface area contributed by atoms with Crippen molar-refractivity contribution in [2.45, 2.75) is 32.9 Å². The van der Waals surface area contributed by atoms with Crippen LogP contribution >= 0.6 is 0 Å². The van der Waals surface area contributed by atoms with Gasteiger partial charge in [-0.2, -0.15) is 5.10 Å². The smallest absolute Gasteiger partial charge is 0.345 e. The minimum atomic E-state index is -0.451. The topological polar surface area (TPSA) is 94.2 Å². The number of nitrogens with one attached hydrogen (secondary N) is 2. The summed E-state index contributed by atoms with van der Waals surface area (Å²) in [5.74, 6) is 0.984. The molecule has 20 heavy (non-hydrogen) atoms. The summed E-state index contributed by atoms with van der Waals surface area (Å²) in [5.41, 5.74) is 6.38. The number of anilines is 2. The third-order valence-electron chi connectivity index (χ3n) is 3.42. The van der Waals surface area contributed by atoms with Crippen LogP contribution in [0.3, 0.4) is 0 Å². The Morgan fingerprint density at radius 3 is 2.80 bits per heavy atom. The van der Waals surface area contributed by atoms with Gasteiger partial charge in [0, 0.05) is 19.6 Å². The molecule has 112 valence electrons. The number of nitrogens with two attached hydrogens (primary N) is 1. The highest BCUT2D eigenvalue weighted by Crippen LogP contribution is 2.24. The Morgan fingerprint density at radius 1 is 1.60 bits per heavy atom. The number of rotatable bonds is 6. The highest BCUT2D eigenvalue weighted by molar-refractivity contribution is 5.99. The lowest BCUT2D eigenvalue weighted by molar-refractivity contribution is 0.0603. The van der Waals surface area contributed by atoms with Gasteiger partial charge in [0.2, 0.25) is 0 Å². The number of hydrogen-bond acceptors (Lipinski definition) is 6. The van der Waals surface area contributed by atoms with Crippen LogP contribution in [0.1, 0.15) is 30.6 Å². The van der Waals surface area contributed by atoms with E-state index >= 15 is 0 Å². The molecule has 1 aromatic rings. The predicted octanol–water partition coefficient (Wildman–Crippen LogP) is 0.682. The fraction of sp³-hybridized carbons (Fsp3) is 0.692. The number of aryl methyl sites for hydroxylation is 1. The van der Waals surface area contributed by atoms with Crippen LogP contribution < -0.4 is 16.4 Å². The Hall–Kier alpha value is -1.76. The van der Waals surface area contributed by atoms with Crippen molar-refractivity contribution in [2.75, 3.05) is 31.2 Å². The number of methoxy groups -OCH3 is 1. The van der Waals surface area contributed by atoms with Gasteiger partial charge in [0.25, 0.3) is 0 Å². The van der Waals surface area contributed by atoms with E-state index in [9.17, 15) is 4.79 Å². The molecular formula is C13H23N5O2. The van der Waals surface area contributed by atoms with Crippen LogP contribution in [0.15, 0.2) is 0 Å². The van der Waals surface area contributed by atoms with Gasteiger partial charge < -0.3 is 21.1 Å². The van der Waals surface area contributed by atoms with Gasteiger partial charge in [0.05, 0.1) is 13.2 Å². The summed E-state index contributed by atoms with van der Waals surface area (Å²) in [7, 11) is 1.35. The maximum atomic E-state index is 11.9.